The number of nitrogens with one attached hydrogen (secondary N) is 2. The van der Waals surface area contributed by atoms with E-state index in [4.69, 9.17) is 19.6 Å². The summed E-state index contributed by atoms with van der Waals surface area (Å²) in [6.07, 6.45) is 0. The van der Waals surface area contributed by atoms with Crippen LogP contribution in [0.2, 0.25) is 0 Å². The Balaban J connectivity index is -0.0000000800. The molecule has 0 heterocycles. The first kappa shape index (κ1) is 16.6. The predicted molar refractivity (Wildman–Crippen MR) is 23.7 cm³/mol. The van der Waals surface area contributed by atoms with Crippen molar-refractivity contribution in [3.05, 3.63) is 11.5 Å². The first-order valence-electron chi connectivity index (χ1n) is 1.90. The fourth-order valence-corrected chi connectivity index (χ4v) is 0. The van der Waals surface area contributed by atoms with E-state index in [1.165, 1.54) is 0 Å². The van der Waals surface area contributed by atoms with E-state index in [9.17, 15) is 0 Å². The van der Waals surface area contributed by atoms with Crippen molar-refractivity contribution in [2.45, 2.75) is 13.0 Å². The summed E-state index contributed by atoms with van der Waals surface area (Å²) in [6.45, 7) is 1.92. The molecule has 0 aliphatic heterocycles. The molecular formula is C3H8CoN2NaO2-2. The number of rotatable bonds is 1. The van der Waals surface area contributed by atoms with Gasteiger partial charge in [0.1, 0.15) is 0 Å². The summed E-state index contributed by atoms with van der Waals surface area (Å²) >= 11 is -1.06. The van der Waals surface area contributed by atoms with Gasteiger partial charge in [-0.2, -0.15) is 12.6 Å². The van der Waals surface area contributed by atoms with Crippen molar-refractivity contribution in [1.82, 2.24) is 0 Å². The summed E-state index contributed by atoms with van der Waals surface area (Å²) in [6, 6.07) is -0.199. The second-order valence-corrected chi connectivity index (χ2v) is 1.33. The molecule has 0 rings (SSSR count). The Morgan fingerprint density at radius 1 is 1.78 bits per heavy atom. The quantitative estimate of drug-likeness (QED) is 0.413. The van der Waals surface area contributed by atoms with Crippen LogP contribution in [0.25, 0.3) is 11.5 Å². The second kappa shape index (κ2) is 16.1. The molecule has 2 N–H and O–H groups in total. The molecule has 54 valence electrons. The van der Waals surface area contributed by atoms with E-state index in [0.717, 1.165) is 0 Å². The van der Waals surface area contributed by atoms with Crippen LogP contribution < -0.4 is 33.8 Å². The van der Waals surface area contributed by atoms with Gasteiger partial charge in [0.05, 0.1) is 0 Å². The van der Waals surface area contributed by atoms with Gasteiger partial charge in [-0.25, -0.2) is 0 Å². The average molecular weight is 186 g/mol. The Hall–Kier alpha value is 1.19. The molecule has 1 atom stereocenters. The van der Waals surface area contributed by atoms with Gasteiger partial charge in [0.2, 0.25) is 0 Å². The molecule has 1 unspecified atom stereocenters. The zero-order valence-corrected chi connectivity index (χ0v) is 8.48. The van der Waals surface area contributed by atoms with E-state index < -0.39 is 15.0 Å². The van der Waals surface area contributed by atoms with Gasteiger partial charge >= 0.3 is 52.6 Å². The standard InChI is InChI=1S/C3H8N2.Co.Na.2O/c1-3(5)2-4;;;;/h3-5H,2H2,1H3;;;;/q-2;;+1;;-1. The zero-order chi connectivity index (χ0) is 6.99. The minimum atomic E-state index is -1.06. The van der Waals surface area contributed by atoms with Crippen LogP contribution in [-0.2, 0) is 18.8 Å². The van der Waals surface area contributed by atoms with Crippen molar-refractivity contribution < 1.29 is 52.6 Å². The minimum absolute atomic E-state index is 0. The van der Waals surface area contributed by atoms with Crippen LogP contribution in [0.3, 0.4) is 0 Å². The van der Waals surface area contributed by atoms with E-state index in [1.807, 2.05) is 0 Å². The average Bonchev–Trinajstić information content (AvgIpc) is 1.69. The number of hydrogen-bond donors (Lipinski definition) is 0. The molecule has 0 spiro atoms. The Labute approximate surface area is 83.1 Å². The van der Waals surface area contributed by atoms with Crippen molar-refractivity contribution in [2.75, 3.05) is 6.54 Å². The van der Waals surface area contributed by atoms with Gasteiger partial charge in [0.15, 0.2) is 0 Å². The van der Waals surface area contributed by atoms with Gasteiger partial charge in [-0.3, -0.25) is 0 Å². The van der Waals surface area contributed by atoms with Crippen molar-refractivity contribution >= 4 is 0 Å². The summed E-state index contributed by atoms with van der Waals surface area (Å²) < 4.78 is 16.7. The van der Waals surface area contributed by atoms with Crippen LogP contribution in [0, 0.1) is 0 Å². The molecular weight excluding hydrogens is 178 g/mol. The number of hydrogen-bond acceptors (Lipinski definition) is 2. The van der Waals surface area contributed by atoms with E-state index >= 15 is 0 Å². The summed E-state index contributed by atoms with van der Waals surface area (Å²) in [5.41, 5.74) is 13.1. The van der Waals surface area contributed by atoms with Crippen molar-refractivity contribution in [3.63, 3.8) is 0 Å². The Bertz CT molecular complexity index is 55.1. The van der Waals surface area contributed by atoms with Crippen LogP contribution in [-0.4, -0.2) is 12.6 Å². The van der Waals surface area contributed by atoms with E-state index in [1.54, 1.807) is 6.92 Å². The second-order valence-electron chi connectivity index (χ2n) is 1.16. The van der Waals surface area contributed by atoms with Crippen molar-refractivity contribution in [1.29, 1.82) is 0 Å². The van der Waals surface area contributed by atoms with Crippen LogP contribution in [0.1, 0.15) is 6.92 Å². The Morgan fingerprint density at radius 3 is 1.89 bits per heavy atom. The topological polar surface area (TPSA) is 87.7 Å². The van der Waals surface area contributed by atoms with Gasteiger partial charge in [-0.05, 0) is 0 Å². The molecule has 0 aliphatic carbocycles. The maximum atomic E-state index is 8.34. The van der Waals surface area contributed by atoms with Gasteiger partial charge < -0.3 is 11.5 Å². The molecule has 9 heavy (non-hydrogen) atoms. The monoisotopic (exact) mass is 186 g/mol. The summed E-state index contributed by atoms with van der Waals surface area (Å²) in [7, 11) is 0. The molecule has 0 saturated heterocycles. The van der Waals surface area contributed by atoms with Crippen LogP contribution in [0.5, 0.6) is 0 Å². The molecule has 0 aromatic carbocycles. The van der Waals surface area contributed by atoms with Crippen molar-refractivity contribution in [3.8, 4) is 0 Å². The van der Waals surface area contributed by atoms with Crippen LogP contribution in [0.15, 0.2) is 0 Å². The van der Waals surface area contributed by atoms with Gasteiger partial charge in [0.25, 0.3) is 0 Å². The summed E-state index contributed by atoms with van der Waals surface area (Å²) in [4.78, 5) is 0. The van der Waals surface area contributed by atoms with Crippen LogP contribution in [0.4, 0.5) is 0 Å². The zero-order valence-electron chi connectivity index (χ0n) is 5.43. The molecule has 0 radical (unpaired) electrons. The van der Waals surface area contributed by atoms with E-state index in [-0.39, 0.29) is 42.1 Å². The van der Waals surface area contributed by atoms with Gasteiger partial charge in [-0.1, -0.05) is 6.92 Å². The molecule has 4 nitrogen and oxygen atoms in total. The fourth-order valence-electron chi connectivity index (χ4n) is 0. The van der Waals surface area contributed by atoms with Crippen LogP contribution >= 0.6 is 0 Å². The molecule has 0 bridgehead atoms. The van der Waals surface area contributed by atoms with Gasteiger partial charge in [-0.15, -0.1) is 0 Å². The molecule has 0 aromatic rings. The third-order valence-corrected chi connectivity index (χ3v) is 0.306. The molecule has 0 saturated carbocycles. The van der Waals surface area contributed by atoms with E-state index in [0.29, 0.717) is 0 Å². The predicted octanol–water partition coefficient (Wildman–Crippen LogP) is -2.83. The first-order valence-corrected chi connectivity index (χ1v) is 2.75. The third-order valence-electron chi connectivity index (χ3n) is 0.306. The first-order chi connectivity index (χ1) is 3.68. The van der Waals surface area contributed by atoms with Gasteiger partial charge in [0, 0.05) is 0 Å². The molecule has 0 aromatic heterocycles. The Kier molecular flexibility index (Phi) is 29.8. The third kappa shape index (κ3) is 46.7. The molecule has 0 amide bonds. The molecule has 0 aliphatic rings. The maximum absolute atomic E-state index is 8.34. The summed E-state index contributed by atoms with van der Waals surface area (Å²) in [5, 5.41) is 0. The fraction of sp³-hybridized carbons (Fsp3) is 1.00. The van der Waals surface area contributed by atoms with E-state index in [2.05, 4.69) is 0 Å². The Morgan fingerprint density at radius 2 is 1.89 bits per heavy atom. The van der Waals surface area contributed by atoms with Crippen molar-refractivity contribution in [2.24, 2.45) is 0 Å². The molecule has 0 fully saturated rings. The summed E-state index contributed by atoms with van der Waals surface area (Å²) in [5.74, 6) is 0. The normalized spacial score (nSPS) is 10.7. The molecule has 6 heteroatoms. The SMILES string of the molecule is CC([NH-])C[NH-].[Na+].[O]=[Co][O-].